The van der Waals surface area contributed by atoms with Crippen molar-refractivity contribution >= 4 is 51.3 Å². The molecular weight excluding hydrogens is 764 g/mol. The van der Waals surface area contributed by atoms with Gasteiger partial charge in [0.05, 0.1) is 18.2 Å². The maximum atomic E-state index is 12.3. The van der Waals surface area contributed by atoms with Gasteiger partial charge in [0.25, 0.3) is 0 Å². The van der Waals surface area contributed by atoms with Crippen LogP contribution in [0.3, 0.4) is 0 Å². The molecule has 24 heteroatoms. The highest BCUT2D eigenvalue weighted by molar-refractivity contribution is 8.00. The number of aliphatic hydroxyl groups is 1. The minimum Gasteiger partial charge on any atom is -0.399 e. The van der Waals surface area contributed by atoms with E-state index in [0.29, 0.717) is 42.4 Å². The number of carbonyl (C=O) groups is 4. The van der Waals surface area contributed by atoms with Crippen molar-refractivity contribution in [1.29, 1.82) is 0 Å². The van der Waals surface area contributed by atoms with E-state index in [9.17, 15) is 33.4 Å². The van der Waals surface area contributed by atoms with Crippen LogP contribution in [0.1, 0.15) is 58.3 Å². The number of carbonyl (C=O) groups excluding carboxylic acids is 4. The molecular formula is C29H51N7O14P2S. The summed E-state index contributed by atoms with van der Waals surface area (Å²) in [4.78, 5) is 85.1. The second kappa shape index (κ2) is 22.4. The molecule has 6 atom stereocenters. The molecule has 0 spiro atoms. The predicted octanol–water partition coefficient (Wildman–Crippen LogP) is 0.0664. The number of nitrogens with two attached hydrogens (primary N) is 2. The van der Waals surface area contributed by atoms with Crippen LogP contribution in [-0.2, 0) is 32.5 Å². The minimum absolute atomic E-state index is 0.0188. The Morgan fingerprint density at radius 1 is 1.04 bits per heavy atom. The van der Waals surface area contributed by atoms with Crippen molar-refractivity contribution in [3.63, 3.8) is 0 Å². The first-order valence-electron chi connectivity index (χ1n) is 16.7. The van der Waals surface area contributed by atoms with Crippen LogP contribution in [-0.4, -0.2) is 115 Å². The summed E-state index contributed by atoms with van der Waals surface area (Å²) in [7, 11) is -10.5. The van der Waals surface area contributed by atoms with Crippen LogP contribution < -0.4 is 32.7 Å². The quantitative estimate of drug-likeness (QED) is 0.0191. The lowest BCUT2D eigenvalue weighted by Gasteiger charge is -2.33. The first kappa shape index (κ1) is 46.1. The number of allylic oxidation sites excluding steroid dienone is 1. The standard InChI is InChI=1S/C29H51N7O14P2S/c1-18(30)20(15-36(28(31)40)27(19(2)37)49-25(50-52(45,46)47)16-48-51(42,43)44)9-8-14-33-23(38)11-4-3-7-13-32-24(39)12-6-5-10-22-26-21(17-53-22)34-29(41)35-26/h8-9,15,19,21-22,25-27,37H,1,3-7,10-14,16-17,30H2,2H3,(H2,31,40)(H,32,39)(H,33,38)(H2,34,35,41)(H2,42,43,44)(H2,45,46,47)/b9-8-,20-15-/t19?,21?,22-,25?,26?,27+/m0/s1. The predicted molar refractivity (Wildman–Crippen MR) is 192 cm³/mol. The molecule has 2 aliphatic rings. The number of amides is 6. The molecule has 2 aliphatic heterocycles. The van der Waals surface area contributed by atoms with Crippen LogP contribution in [0.2, 0.25) is 0 Å². The zero-order valence-corrected chi connectivity index (χ0v) is 31.8. The summed E-state index contributed by atoms with van der Waals surface area (Å²) in [5, 5.41) is 22.1. The van der Waals surface area contributed by atoms with E-state index < -0.39 is 46.9 Å². The molecule has 2 saturated heterocycles. The fourth-order valence-corrected chi connectivity index (χ4v) is 7.52. The summed E-state index contributed by atoms with van der Waals surface area (Å²) in [6.07, 6.45) is 3.40. The van der Waals surface area contributed by atoms with E-state index in [1.807, 2.05) is 11.8 Å². The van der Waals surface area contributed by atoms with Crippen LogP contribution in [0.25, 0.3) is 0 Å². The number of thioether (sulfide) groups is 1. The average Bonchev–Trinajstić information content (AvgIpc) is 3.59. The van der Waals surface area contributed by atoms with Gasteiger partial charge in [-0.3, -0.25) is 23.5 Å². The van der Waals surface area contributed by atoms with Crippen molar-refractivity contribution in [2.75, 3.05) is 25.4 Å². The SMILES string of the molecule is C=C(N)C(/C=C\CNC(=O)CCCCCNC(=O)CCCC[C@@H]1SCC2NC(=O)NC21)=C\N(C(N)=O)[C@H](OC(COP(=O)(O)O)OP(=O)(O)O)C(C)O. The number of aliphatic hydroxyl groups excluding tert-OH is 1. The lowest BCUT2D eigenvalue weighted by molar-refractivity contribution is -0.197. The van der Waals surface area contributed by atoms with E-state index in [1.165, 1.54) is 12.2 Å². The molecule has 2 rings (SSSR count). The number of hydrogen-bond acceptors (Lipinski definition) is 12. The van der Waals surface area contributed by atoms with Gasteiger partial charge in [-0.1, -0.05) is 31.6 Å². The van der Waals surface area contributed by atoms with Gasteiger partial charge in [0, 0.05) is 54.4 Å². The number of urea groups is 2. The van der Waals surface area contributed by atoms with Crippen molar-refractivity contribution < 1.29 is 66.8 Å². The Hall–Kier alpha value is -3.01. The van der Waals surface area contributed by atoms with E-state index in [-0.39, 0.29) is 54.2 Å². The van der Waals surface area contributed by atoms with Gasteiger partial charge in [-0.05, 0) is 32.6 Å². The zero-order chi connectivity index (χ0) is 39.8. The lowest BCUT2D eigenvalue weighted by Crippen LogP contribution is -2.49. The van der Waals surface area contributed by atoms with Gasteiger partial charge in [-0.15, -0.1) is 0 Å². The third kappa shape index (κ3) is 18.7. The molecule has 0 radical (unpaired) electrons. The Kier molecular flexibility index (Phi) is 19.5. The summed E-state index contributed by atoms with van der Waals surface area (Å²) < 4.78 is 36.2. The topological polar surface area (TPSA) is 335 Å². The molecule has 4 unspecified atom stereocenters. The van der Waals surface area contributed by atoms with Gasteiger partial charge in [-0.2, -0.15) is 11.8 Å². The Labute approximate surface area is 311 Å². The largest absolute Gasteiger partial charge is 0.472 e. The highest BCUT2D eigenvalue weighted by Gasteiger charge is 2.42. The maximum Gasteiger partial charge on any atom is 0.472 e. The Balaban J connectivity index is 1.75. The number of hydrogen-bond donors (Lipinski definition) is 11. The Morgan fingerprint density at radius 2 is 1.70 bits per heavy atom. The molecule has 0 aromatic carbocycles. The number of nitrogens with zero attached hydrogens (tertiary/aromatic N) is 1. The molecule has 21 nitrogen and oxygen atoms in total. The van der Waals surface area contributed by atoms with Crippen LogP contribution in [0.5, 0.6) is 0 Å². The molecule has 2 heterocycles. The second-order valence-electron chi connectivity index (χ2n) is 12.2. The third-order valence-corrected chi connectivity index (χ3v) is 10.2. The van der Waals surface area contributed by atoms with Crippen LogP contribution in [0, 0.1) is 0 Å². The normalized spacial score (nSPS) is 20.6. The van der Waals surface area contributed by atoms with Crippen LogP contribution in [0.15, 0.2) is 36.2 Å². The summed E-state index contributed by atoms with van der Waals surface area (Å²) >= 11 is 1.85. The smallest absolute Gasteiger partial charge is 0.399 e. The Bertz CT molecular complexity index is 1430. The average molecular weight is 816 g/mol. The number of phosphoric acid groups is 2. The number of nitrogens with one attached hydrogen (secondary N) is 4. The Morgan fingerprint density at radius 3 is 2.30 bits per heavy atom. The number of fused-ring (bicyclic) bond motifs is 1. The molecule has 0 bridgehead atoms. The first-order chi connectivity index (χ1) is 24.8. The van der Waals surface area contributed by atoms with Crippen molar-refractivity contribution in [1.82, 2.24) is 26.2 Å². The molecule has 6 amide bonds. The number of unbranched alkanes of at least 4 members (excludes halogenated alkanes) is 3. The lowest BCUT2D eigenvalue weighted by atomic mass is 10.0. The van der Waals surface area contributed by atoms with Gasteiger partial charge < -0.3 is 62.2 Å². The maximum absolute atomic E-state index is 12.3. The molecule has 0 aliphatic carbocycles. The van der Waals surface area contributed by atoms with E-state index in [2.05, 4.69) is 36.9 Å². The fraction of sp³-hybridized carbons (Fsp3) is 0.655. The second-order valence-corrected chi connectivity index (χ2v) is 15.9. The molecule has 0 aromatic rings. The summed E-state index contributed by atoms with van der Waals surface area (Å²) in [6.45, 7) is 4.00. The van der Waals surface area contributed by atoms with E-state index in [0.717, 1.165) is 38.1 Å². The first-order valence-corrected chi connectivity index (χ1v) is 20.8. The van der Waals surface area contributed by atoms with Gasteiger partial charge >= 0.3 is 27.7 Å². The minimum atomic E-state index is -5.34. The molecule has 302 valence electrons. The number of rotatable bonds is 25. The van der Waals surface area contributed by atoms with E-state index >= 15 is 0 Å². The fourth-order valence-electron chi connectivity index (χ4n) is 5.24. The monoisotopic (exact) mass is 815 g/mol. The van der Waals surface area contributed by atoms with Crippen molar-refractivity contribution in [3.05, 3.63) is 36.2 Å². The van der Waals surface area contributed by atoms with Gasteiger partial charge in [-0.25, -0.2) is 18.7 Å². The number of primary amides is 1. The number of phosphoric ester groups is 2. The zero-order valence-electron chi connectivity index (χ0n) is 29.2. The van der Waals surface area contributed by atoms with Crippen molar-refractivity contribution in [2.45, 2.75) is 94.2 Å². The molecule has 0 aromatic heterocycles. The molecule has 13 N–H and O–H groups in total. The summed E-state index contributed by atoms with van der Waals surface area (Å²) in [6, 6.07) is -1.02. The van der Waals surface area contributed by atoms with Gasteiger partial charge in [0.2, 0.25) is 11.8 Å². The van der Waals surface area contributed by atoms with Crippen LogP contribution >= 0.6 is 27.4 Å². The van der Waals surface area contributed by atoms with Gasteiger partial charge in [0.1, 0.15) is 6.61 Å². The number of ether oxygens (including phenoxy) is 1. The highest BCUT2D eigenvalue weighted by Crippen LogP contribution is 2.41. The van der Waals surface area contributed by atoms with Crippen molar-refractivity contribution in [3.8, 4) is 0 Å². The summed E-state index contributed by atoms with van der Waals surface area (Å²) in [5.74, 6) is 0.640. The van der Waals surface area contributed by atoms with Gasteiger partial charge in [0.15, 0.2) is 12.5 Å². The third-order valence-electron chi connectivity index (χ3n) is 7.71. The molecule has 53 heavy (non-hydrogen) atoms. The molecule has 0 saturated carbocycles. The van der Waals surface area contributed by atoms with Crippen LogP contribution in [0.4, 0.5) is 9.59 Å². The van der Waals surface area contributed by atoms with E-state index in [4.69, 9.17) is 35.8 Å². The van der Waals surface area contributed by atoms with Crippen molar-refractivity contribution in [2.24, 2.45) is 11.5 Å². The van der Waals surface area contributed by atoms with E-state index in [1.54, 1.807) is 0 Å². The summed E-state index contributed by atoms with van der Waals surface area (Å²) in [5.41, 5.74) is 11.2. The molecule has 2 fully saturated rings. The highest BCUT2D eigenvalue weighted by atomic mass is 32.2.